The van der Waals surface area contributed by atoms with Gasteiger partial charge >= 0.3 is 6.09 Å². The quantitative estimate of drug-likeness (QED) is 0.172. The molecule has 1 aliphatic rings. The zero-order chi connectivity index (χ0) is 42.5. The molecule has 0 radical (unpaired) electrons. The van der Waals surface area contributed by atoms with Crippen LogP contribution in [-0.2, 0) is 33.4 Å². The van der Waals surface area contributed by atoms with Crippen molar-refractivity contribution in [2.45, 2.75) is 142 Å². The van der Waals surface area contributed by atoms with E-state index in [9.17, 15) is 29.1 Å². The van der Waals surface area contributed by atoms with Crippen LogP contribution in [0.4, 0.5) is 4.79 Å². The summed E-state index contributed by atoms with van der Waals surface area (Å²) in [5, 5.41) is 16.2. The van der Waals surface area contributed by atoms with Crippen molar-refractivity contribution in [3.05, 3.63) is 35.9 Å². The molecule has 0 bridgehead atoms. The topological polar surface area (TPSA) is 167 Å². The van der Waals surface area contributed by atoms with Crippen LogP contribution in [0.1, 0.15) is 106 Å². The van der Waals surface area contributed by atoms with Crippen LogP contribution in [0.3, 0.4) is 0 Å². The number of hydrogen-bond acceptors (Lipinski definition) is 9. The van der Waals surface area contributed by atoms with Gasteiger partial charge in [-0.2, -0.15) is 0 Å². The van der Waals surface area contributed by atoms with E-state index in [-0.39, 0.29) is 60.9 Å². The van der Waals surface area contributed by atoms with E-state index in [2.05, 4.69) is 10.6 Å². The molecular formula is C42H71N5O9. The summed E-state index contributed by atoms with van der Waals surface area (Å²) in [4.78, 5) is 72.8. The first-order valence-electron chi connectivity index (χ1n) is 20.1. The molecule has 1 aromatic carbocycles. The summed E-state index contributed by atoms with van der Waals surface area (Å²) in [6.07, 6.45) is -0.643. The monoisotopic (exact) mass is 790 g/mol. The molecule has 1 heterocycles. The van der Waals surface area contributed by atoms with Crippen LogP contribution < -0.4 is 10.6 Å². The molecule has 1 fully saturated rings. The minimum absolute atomic E-state index is 0.0136. The number of methoxy groups -OCH3 is 2. The van der Waals surface area contributed by atoms with Crippen LogP contribution in [0.2, 0.25) is 0 Å². The number of amides is 5. The van der Waals surface area contributed by atoms with Crippen LogP contribution in [0.5, 0.6) is 0 Å². The summed E-state index contributed by atoms with van der Waals surface area (Å²) in [5.74, 6) is -1.93. The number of likely N-dealkylation sites (tertiary alicyclic amines) is 1. The third-order valence-electron chi connectivity index (χ3n) is 10.7. The van der Waals surface area contributed by atoms with E-state index < -0.39 is 54.0 Å². The van der Waals surface area contributed by atoms with Crippen LogP contribution >= 0.6 is 0 Å². The van der Waals surface area contributed by atoms with Crippen molar-refractivity contribution in [2.24, 2.45) is 17.8 Å². The highest BCUT2D eigenvalue weighted by Crippen LogP contribution is 2.28. The Bertz CT molecular complexity index is 1420. The number of rotatable bonds is 20. The van der Waals surface area contributed by atoms with Gasteiger partial charge in [0, 0.05) is 41.4 Å². The SMILES string of the molecule is CC[C@H](C)[C@@H]([C@@H](CC(=O)N1CCC[C@H]1[C@@H](CC(=O)NC[C@@H](O)c1ccccc1)OC)OC)N(C)C(=O)[C@@H](NC(=O)[C@H](C(C)C)N(C)C(=O)OC(C)(C)C)C(C)C. The predicted octanol–water partition coefficient (Wildman–Crippen LogP) is 4.54. The molecule has 0 unspecified atom stereocenters. The minimum atomic E-state index is -0.925. The van der Waals surface area contributed by atoms with Gasteiger partial charge in [0.2, 0.25) is 23.6 Å². The second kappa shape index (κ2) is 22.3. The fourth-order valence-electron chi connectivity index (χ4n) is 7.49. The van der Waals surface area contributed by atoms with E-state index in [0.717, 1.165) is 6.42 Å². The van der Waals surface area contributed by atoms with Gasteiger partial charge in [0.05, 0.1) is 43.2 Å². The van der Waals surface area contributed by atoms with Gasteiger partial charge in [-0.05, 0) is 56.9 Å². The van der Waals surface area contributed by atoms with Crippen molar-refractivity contribution in [3.8, 4) is 0 Å². The molecule has 1 saturated heterocycles. The molecule has 56 heavy (non-hydrogen) atoms. The van der Waals surface area contributed by atoms with Crippen LogP contribution in [0.15, 0.2) is 30.3 Å². The molecule has 318 valence electrons. The normalized spacial score (nSPS) is 18.4. The van der Waals surface area contributed by atoms with Gasteiger partial charge in [-0.25, -0.2) is 4.79 Å². The molecule has 0 saturated carbocycles. The van der Waals surface area contributed by atoms with Gasteiger partial charge in [0.15, 0.2) is 0 Å². The second-order valence-electron chi connectivity index (χ2n) is 16.8. The number of carbonyl (C=O) groups is 5. The van der Waals surface area contributed by atoms with E-state index in [1.807, 2.05) is 59.7 Å². The second-order valence-corrected chi connectivity index (χ2v) is 16.8. The Balaban J connectivity index is 2.23. The number of carbonyl (C=O) groups excluding carboxylic acids is 5. The van der Waals surface area contributed by atoms with E-state index in [1.165, 1.54) is 26.2 Å². The number of ether oxygens (including phenoxy) is 3. The summed E-state index contributed by atoms with van der Waals surface area (Å²) < 4.78 is 17.3. The zero-order valence-electron chi connectivity index (χ0n) is 36.2. The van der Waals surface area contributed by atoms with Crippen molar-refractivity contribution in [1.82, 2.24) is 25.3 Å². The Morgan fingerprint density at radius 3 is 2.07 bits per heavy atom. The van der Waals surface area contributed by atoms with Crippen LogP contribution in [-0.4, -0.2) is 133 Å². The molecule has 0 aliphatic carbocycles. The van der Waals surface area contributed by atoms with Crippen molar-refractivity contribution < 1.29 is 43.3 Å². The maximum atomic E-state index is 14.4. The highest BCUT2D eigenvalue weighted by Gasteiger charge is 2.42. The van der Waals surface area contributed by atoms with Crippen LogP contribution in [0.25, 0.3) is 0 Å². The fourth-order valence-corrected chi connectivity index (χ4v) is 7.49. The van der Waals surface area contributed by atoms with Crippen molar-refractivity contribution in [1.29, 1.82) is 0 Å². The Morgan fingerprint density at radius 2 is 1.55 bits per heavy atom. The maximum Gasteiger partial charge on any atom is 0.410 e. The summed E-state index contributed by atoms with van der Waals surface area (Å²) in [6.45, 7) is 17.2. The number of aliphatic hydroxyl groups is 1. The maximum absolute atomic E-state index is 14.4. The van der Waals surface area contributed by atoms with Crippen LogP contribution in [0, 0.1) is 17.8 Å². The first-order chi connectivity index (χ1) is 26.2. The zero-order valence-corrected chi connectivity index (χ0v) is 36.2. The number of nitrogens with zero attached hydrogens (tertiary/aromatic N) is 3. The molecule has 8 atom stereocenters. The van der Waals surface area contributed by atoms with Gasteiger partial charge in [0.25, 0.3) is 0 Å². The molecule has 1 aromatic rings. The molecule has 3 N–H and O–H groups in total. The van der Waals surface area contributed by atoms with E-state index >= 15 is 0 Å². The Morgan fingerprint density at radius 1 is 0.929 bits per heavy atom. The molecule has 0 spiro atoms. The molecule has 14 heteroatoms. The largest absolute Gasteiger partial charge is 0.444 e. The average molecular weight is 790 g/mol. The van der Waals surface area contributed by atoms with Crippen molar-refractivity contribution in [3.63, 3.8) is 0 Å². The average Bonchev–Trinajstić information content (AvgIpc) is 3.63. The lowest BCUT2D eigenvalue weighted by Gasteiger charge is -2.41. The highest BCUT2D eigenvalue weighted by atomic mass is 16.6. The number of nitrogens with one attached hydrogen (secondary N) is 2. The Kier molecular flexibility index (Phi) is 19.2. The van der Waals surface area contributed by atoms with Gasteiger partial charge < -0.3 is 39.8 Å². The minimum Gasteiger partial charge on any atom is -0.444 e. The summed E-state index contributed by atoms with van der Waals surface area (Å²) >= 11 is 0. The van der Waals surface area contributed by atoms with Gasteiger partial charge in [-0.15, -0.1) is 0 Å². The van der Waals surface area contributed by atoms with Crippen molar-refractivity contribution >= 4 is 29.7 Å². The van der Waals surface area contributed by atoms with E-state index in [0.29, 0.717) is 24.9 Å². The summed E-state index contributed by atoms with van der Waals surface area (Å²) in [6, 6.07) is 6.41. The Labute approximate surface area is 335 Å². The molecule has 1 aliphatic heterocycles. The molecule has 2 rings (SSSR count). The number of likely N-dealkylation sites (N-methyl/N-ethyl adjacent to an activating group) is 2. The third-order valence-corrected chi connectivity index (χ3v) is 10.7. The summed E-state index contributed by atoms with van der Waals surface area (Å²) in [5.41, 5.74) is -0.0508. The van der Waals surface area contributed by atoms with Gasteiger partial charge in [-0.1, -0.05) is 78.3 Å². The molecule has 0 aromatic heterocycles. The fraction of sp³-hybridized carbons (Fsp3) is 0.738. The first kappa shape index (κ1) is 48.4. The lowest BCUT2D eigenvalue weighted by Crippen LogP contribution is -2.60. The Hall–Kier alpha value is -3.75. The van der Waals surface area contributed by atoms with E-state index in [4.69, 9.17) is 14.2 Å². The number of hydrogen-bond donors (Lipinski definition) is 3. The first-order valence-corrected chi connectivity index (χ1v) is 20.1. The van der Waals surface area contributed by atoms with Gasteiger partial charge in [-0.3, -0.25) is 24.1 Å². The van der Waals surface area contributed by atoms with Gasteiger partial charge in [0.1, 0.15) is 17.7 Å². The standard InChI is InChI=1S/C42H71N5O9/c1-14-28(6)38(45(10)40(52)36(26(2)3)44-39(51)37(27(4)5)46(11)41(53)56-42(7,8)9)33(55-13)24-35(50)47-22-18-21-30(47)32(54-12)23-34(49)43-25-31(48)29-19-16-15-17-20-29/h15-17,19-20,26-28,30-33,36-38,48H,14,18,21-25H2,1-13H3,(H,43,49)(H,44,51)/t28-,30-,31+,32+,33+,36-,37-,38-/m0/s1. The molecular weight excluding hydrogens is 718 g/mol. The number of benzene rings is 1. The summed E-state index contributed by atoms with van der Waals surface area (Å²) in [7, 11) is 6.25. The van der Waals surface area contributed by atoms with E-state index in [1.54, 1.807) is 49.8 Å². The molecule has 14 nitrogen and oxygen atoms in total. The lowest BCUT2D eigenvalue weighted by atomic mass is 9.89. The third kappa shape index (κ3) is 13.7. The smallest absolute Gasteiger partial charge is 0.410 e. The molecule has 5 amide bonds. The predicted molar refractivity (Wildman–Crippen MR) is 215 cm³/mol. The van der Waals surface area contributed by atoms with Crippen molar-refractivity contribution in [2.75, 3.05) is 41.4 Å². The number of aliphatic hydroxyl groups excluding tert-OH is 1. The highest BCUT2D eigenvalue weighted by molar-refractivity contribution is 5.91. The lowest BCUT2D eigenvalue weighted by molar-refractivity contribution is -0.147.